The van der Waals surface area contributed by atoms with Crippen LogP contribution in [-0.4, -0.2) is 18.0 Å². The van der Waals surface area contributed by atoms with E-state index in [1.54, 1.807) is 6.07 Å². The number of hydrogen-bond donors (Lipinski definition) is 1. The molecule has 0 atom stereocenters. The maximum atomic E-state index is 10.4. The smallest absolute Gasteiger partial charge is 0.316 e. The predicted molar refractivity (Wildman–Crippen MR) is 62.4 cm³/mol. The summed E-state index contributed by atoms with van der Waals surface area (Å²) in [7, 11) is 0. The van der Waals surface area contributed by atoms with Crippen molar-refractivity contribution in [2.24, 2.45) is 5.92 Å². The normalized spacial score (nSPS) is 10.9. The Hall–Kier alpha value is -0.940. The van der Waals surface area contributed by atoms with Crippen LogP contribution in [0.5, 0.6) is 0 Å². The molecule has 0 aliphatic rings. The first kappa shape index (κ1) is 12.1. The lowest BCUT2D eigenvalue weighted by Gasteiger charge is -2.05. The van der Waals surface area contributed by atoms with Crippen molar-refractivity contribution in [3.8, 4) is 0 Å². The lowest BCUT2D eigenvalue weighted by molar-refractivity contribution is -0.380. The van der Waals surface area contributed by atoms with Gasteiger partial charge < -0.3 is 5.32 Å². The minimum absolute atomic E-state index is 0.230. The van der Waals surface area contributed by atoms with Crippen LogP contribution >= 0.6 is 11.3 Å². The molecule has 0 radical (unpaired) electrons. The molecule has 0 aliphatic carbocycles. The van der Waals surface area contributed by atoms with Crippen molar-refractivity contribution in [3.63, 3.8) is 0 Å². The Morgan fingerprint density at radius 3 is 2.87 bits per heavy atom. The molecule has 1 aromatic heterocycles. The maximum Gasteiger partial charge on any atom is 0.324 e. The van der Waals surface area contributed by atoms with Gasteiger partial charge in [-0.2, -0.15) is 0 Å². The highest BCUT2D eigenvalue weighted by Crippen LogP contribution is 2.22. The number of hydrogen-bond acceptors (Lipinski definition) is 4. The molecule has 0 fully saturated rings. The summed E-state index contributed by atoms with van der Waals surface area (Å²) in [6.45, 7) is 6.18. The summed E-state index contributed by atoms with van der Waals surface area (Å²) in [5, 5.41) is 15.8. The Morgan fingerprint density at radius 1 is 1.60 bits per heavy atom. The second kappa shape index (κ2) is 5.82. The third kappa shape index (κ3) is 4.40. The second-order valence-electron chi connectivity index (χ2n) is 3.90. The molecular formula is C10H16N2O2S. The molecule has 0 amide bonds. The summed E-state index contributed by atoms with van der Waals surface area (Å²) in [5.41, 5.74) is 1.04. The van der Waals surface area contributed by atoms with E-state index >= 15 is 0 Å². The largest absolute Gasteiger partial charge is 0.324 e. The van der Waals surface area contributed by atoms with E-state index in [9.17, 15) is 10.1 Å². The van der Waals surface area contributed by atoms with Crippen molar-refractivity contribution in [1.29, 1.82) is 0 Å². The van der Waals surface area contributed by atoms with Gasteiger partial charge in [0.2, 0.25) is 0 Å². The van der Waals surface area contributed by atoms with E-state index in [1.807, 2.05) is 5.38 Å². The summed E-state index contributed by atoms with van der Waals surface area (Å²) in [6, 6.07) is 1.65. The molecule has 0 saturated heterocycles. The Labute approximate surface area is 93.5 Å². The van der Waals surface area contributed by atoms with Crippen LogP contribution < -0.4 is 5.32 Å². The van der Waals surface area contributed by atoms with Gasteiger partial charge in [0.25, 0.3) is 0 Å². The topological polar surface area (TPSA) is 55.2 Å². The molecule has 1 aromatic rings. The minimum atomic E-state index is -0.338. The molecule has 0 aromatic carbocycles. The van der Waals surface area contributed by atoms with Crippen molar-refractivity contribution in [2.45, 2.75) is 20.3 Å². The number of nitrogens with zero attached hydrogens (tertiary/aromatic N) is 1. The standard InChI is InChI=1S/C10H16N2O2S/c1-8(2)6-11-4-3-9-5-10(12(13)14)15-7-9/h5,7-8,11H,3-4,6H2,1-2H3. The fraction of sp³-hybridized carbons (Fsp3) is 0.600. The van der Waals surface area contributed by atoms with Crippen LogP contribution in [0.3, 0.4) is 0 Å². The summed E-state index contributed by atoms with van der Waals surface area (Å²) >= 11 is 1.20. The summed E-state index contributed by atoms with van der Waals surface area (Å²) in [4.78, 5) is 10.1. The van der Waals surface area contributed by atoms with Crippen molar-refractivity contribution in [1.82, 2.24) is 5.32 Å². The molecule has 1 N–H and O–H groups in total. The van der Waals surface area contributed by atoms with Gasteiger partial charge in [-0.1, -0.05) is 25.2 Å². The Morgan fingerprint density at radius 2 is 2.33 bits per heavy atom. The number of rotatable bonds is 6. The van der Waals surface area contributed by atoms with Crippen molar-refractivity contribution >= 4 is 16.3 Å². The molecule has 4 nitrogen and oxygen atoms in total. The minimum Gasteiger partial charge on any atom is -0.316 e. The van der Waals surface area contributed by atoms with Gasteiger partial charge in [0.1, 0.15) is 0 Å². The molecule has 84 valence electrons. The molecule has 0 bridgehead atoms. The fourth-order valence-corrected chi connectivity index (χ4v) is 1.98. The Bertz CT molecular complexity index is 323. The van der Waals surface area contributed by atoms with E-state index in [0.717, 1.165) is 25.1 Å². The highest BCUT2D eigenvalue weighted by molar-refractivity contribution is 7.13. The van der Waals surface area contributed by atoms with Crippen molar-refractivity contribution in [2.75, 3.05) is 13.1 Å². The van der Waals surface area contributed by atoms with Crippen LogP contribution in [0, 0.1) is 16.0 Å². The van der Waals surface area contributed by atoms with Crippen LogP contribution in [0.1, 0.15) is 19.4 Å². The van der Waals surface area contributed by atoms with Gasteiger partial charge in [0.15, 0.2) is 0 Å². The average molecular weight is 228 g/mol. The molecule has 1 heterocycles. The summed E-state index contributed by atoms with van der Waals surface area (Å²) in [5.74, 6) is 0.641. The van der Waals surface area contributed by atoms with Crippen LogP contribution in [0.4, 0.5) is 5.00 Å². The van der Waals surface area contributed by atoms with Crippen molar-refractivity contribution in [3.05, 3.63) is 27.1 Å². The van der Waals surface area contributed by atoms with Gasteiger partial charge in [0, 0.05) is 11.4 Å². The first-order chi connectivity index (χ1) is 7.09. The average Bonchev–Trinajstić information content (AvgIpc) is 2.60. The summed E-state index contributed by atoms with van der Waals surface area (Å²) in [6.07, 6.45) is 0.858. The van der Waals surface area contributed by atoms with Crippen LogP contribution in [-0.2, 0) is 6.42 Å². The molecule has 1 rings (SSSR count). The van der Waals surface area contributed by atoms with E-state index in [4.69, 9.17) is 0 Å². The third-order valence-corrected chi connectivity index (χ3v) is 2.89. The van der Waals surface area contributed by atoms with Gasteiger partial charge in [-0.05, 0) is 31.0 Å². The van der Waals surface area contributed by atoms with E-state index in [1.165, 1.54) is 11.3 Å². The summed E-state index contributed by atoms with van der Waals surface area (Å²) < 4.78 is 0. The van der Waals surface area contributed by atoms with Gasteiger partial charge >= 0.3 is 5.00 Å². The second-order valence-corrected chi connectivity index (χ2v) is 4.79. The quantitative estimate of drug-likeness (QED) is 0.462. The van der Waals surface area contributed by atoms with Crippen molar-refractivity contribution < 1.29 is 4.92 Å². The lowest BCUT2D eigenvalue weighted by atomic mass is 10.2. The zero-order valence-electron chi connectivity index (χ0n) is 9.03. The SMILES string of the molecule is CC(C)CNCCc1csc([N+](=O)[O-])c1. The highest BCUT2D eigenvalue weighted by Gasteiger charge is 2.08. The Balaban J connectivity index is 2.29. The fourth-order valence-electron chi connectivity index (χ4n) is 1.21. The third-order valence-electron chi connectivity index (χ3n) is 1.96. The molecule has 0 spiro atoms. The first-order valence-corrected chi connectivity index (χ1v) is 5.90. The Kier molecular flexibility index (Phi) is 4.71. The molecule has 0 saturated carbocycles. The number of nitro groups is 1. The van der Waals surface area contributed by atoms with Gasteiger partial charge in [-0.25, -0.2) is 0 Å². The van der Waals surface area contributed by atoms with E-state index < -0.39 is 0 Å². The molecular weight excluding hydrogens is 212 g/mol. The van der Waals surface area contributed by atoms with Crippen LogP contribution in [0.15, 0.2) is 11.4 Å². The number of thiophene rings is 1. The molecule has 15 heavy (non-hydrogen) atoms. The zero-order chi connectivity index (χ0) is 11.3. The van der Waals surface area contributed by atoms with Crippen LogP contribution in [0.2, 0.25) is 0 Å². The van der Waals surface area contributed by atoms with E-state index in [2.05, 4.69) is 19.2 Å². The first-order valence-electron chi connectivity index (χ1n) is 5.02. The number of nitrogens with one attached hydrogen (secondary N) is 1. The lowest BCUT2D eigenvalue weighted by Crippen LogP contribution is -2.21. The van der Waals surface area contributed by atoms with Crippen LogP contribution in [0.25, 0.3) is 0 Å². The van der Waals surface area contributed by atoms with E-state index in [-0.39, 0.29) is 9.92 Å². The monoisotopic (exact) mass is 228 g/mol. The zero-order valence-corrected chi connectivity index (χ0v) is 9.84. The highest BCUT2D eigenvalue weighted by atomic mass is 32.1. The molecule has 5 heteroatoms. The molecule has 0 aliphatic heterocycles. The maximum absolute atomic E-state index is 10.4. The molecule has 0 unspecified atom stereocenters. The van der Waals surface area contributed by atoms with Gasteiger partial charge in [-0.3, -0.25) is 10.1 Å². The van der Waals surface area contributed by atoms with Gasteiger partial charge in [-0.15, -0.1) is 0 Å². The predicted octanol–water partition coefficient (Wildman–Crippen LogP) is 2.44. The van der Waals surface area contributed by atoms with E-state index in [0.29, 0.717) is 5.92 Å². The van der Waals surface area contributed by atoms with Gasteiger partial charge in [0.05, 0.1) is 4.92 Å².